The average molecular weight is 251 g/mol. The van der Waals surface area contributed by atoms with Gasteiger partial charge in [-0.25, -0.2) is 0 Å². The molecule has 0 saturated heterocycles. The molecule has 0 N–H and O–H groups in total. The van der Waals surface area contributed by atoms with E-state index in [-0.39, 0.29) is 11.2 Å². The lowest BCUT2D eigenvalue weighted by molar-refractivity contribution is -0.0495. The third-order valence-corrected chi connectivity index (χ3v) is 3.69. The highest BCUT2D eigenvalue weighted by Gasteiger charge is 2.50. The highest BCUT2D eigenvalue weighted by atomic mass is 79.9. The molecule has 2 heteroatoms. The number of hydrogen-bond donors (Lipinski definition) is 0. The predicted molar refractivity (Wildman–Crippen MR) is 59.1 cm³/mol. The maximum absolute atomic E-state index is 6.04. The van der Waals surface area contributed by atoms with Crippen LogP contribution >= 0.6 is 15.9 Å². The standard InChI is InChI=1S/C12H11BrO/c1-11-5-6-12(2,14-11)10-7-8(13)3-4-9(10)11/h3-7H,1-2H3/t11-,12+/m0/s1. The first-order valence-corrected chi connectivity index (χ1v) is 5.54. The van der Waals surface area contributed by atoms with Crippen LogP contribution in [-0.2, 0) is 15.9 Å². The van der Waals surface area contributed by atoms with Crippen LogP contribution in [0.1, 0.15) is 25.0 Å². The summed E-state index contributed by atoms with van der Waals surface area (Å²) >= 11 is 3.50. The molecule has 2 atom stereocenters. The highest BCUT2D eigenvalue weighted by molar-refractivity contribution is 9.10. The molecule has 72 valence electrons. The molecule has 3 rings (SSSR count). The first-order valence-electron chi connectivity index (χ1n) is 4.75. The summed E-state index contributed by atoms with van der Waals surface area (Å²) in [6, 6.07) is 6.38. The van der Waals surface area contributed by atoms with E-state index in [1.54, 1.807) is 0 Å². The quantitative estimate of drug-likeness (QED) is 0.641. The Kier molecular flexibility index (Phi) is 1.43. The Morgan fingerprint density at radius 3 is 2.43 bits per heavy atom. The summed E-state index contributed by atoms with van der Waals surface area (Å²) in [6.45, 7) is 4.24. The Morgan fingerprint density at radius 1 is 1.07 bits per heavy atom. The predicted octanol–water partition coefficient (Wildman–Crippen LogP) is 3.48. The van der Waals surface area contributed by atoms with Crippen LogP contribution < -0.4 is 0 Å². The lowest BCUT2D eigenvalue weighted by atomic mass is 9.84. The van der Waals surface area contributed by atoms with Gasteiger partial charge in [0, 0.05) is 4.47 Å². The highest BCUT2D eigenvalue weighted by Crippen LogP contribution is 2.53. The molecule has 2 aliphatic heterocycles. The molecular weight excluding hydrogens is 240 g/mol. The largest absolute Gasteiger partial charge is 0.351 e. The molecule has 1 aromatic rings. The second kappa shape index (κ2) is 2.31. The third-order valence-electron chi connectivity index (χ3n) is 3.19. The van der Waals surface area contributed by atoms with Crippen molar-refractivity contribution in [3.8, 4) is 0 Å². The molecule has 0 amide bonds. The van der Waals surface area contributed by atoms with Gasteiger partial charge < -0.3 is 4.74 Å². The Morgan fingerprint density at radius 2 is 1.71 bits per heavy atom. The normalized spacial score (nSPS) is 37.6. The van der Waals surface area contributed by atoms with Gasteiger partial charge in [-0.05, 0) is 49.3 Å². The van der Waals surface area contributed by atoms with Crippen molar-refractivity contribution in [2.45, 2.75) is 25.0 Å². The second-order valence-corrected chi connectivity index (χ2v) is 5.26. The molecule has 2 heterocycles. The summed E-state index contributed by atoms with van der Waals surface area (Å²) in [4.78, 5) is 0. The Bertz CT molecular complexity index is 452. The zero-order valence-corrected chi connectivity index (χ0v) is 9.76. The van der Waals surface area contributed by atoms with E-state index in [2.05, 4.69) is 60.1 Å². The first-order chi connectivity index (χ1) is 6.54. The van der Waals surface area contributed by atoms with Crippen LogP contribution in [0.5, 0.6) is 0 Å². The molecule has 2 bridgehead atoms. The Labute approximate surface area is 91.9 Å². The summed E-state index contributed by atoms with van der Waals surface area (Å²) in [5.41, 5.74) is 2.17. The van der Waals surface area contributed by atoms with Crippen LogP contribution in [0.2, 0.25) is 0 Å². The smallest absolute Gasteiger partial charge is 0.111 e. The molecule has 1 aromatic carbocycles. The van der Waals surface area contributed by atoms with Crippen LogP contribution in [0.3, 0.4) is 0 Å². The van der Waals surface area contributed by atoms with E-state index in [4.69, 9.17) is 4.74 Å². The van der Waals surface area contributed by atoms with Gasteiger partial charge in [-0.3, -0.25) is 0 Å². The van der Waals surface area contributed by atoms with Gasteiger partial charge in [-0.1, -0.05) is 22.0 Å². The van der Waals surface area contributed by atoms with Crippen LogP contribution in [0.4, 0.5) is 0 Å². The summed E-state index contributed by atoms with van der Waals surface area (Å²) in [7, 11) is 0. The van der Waals surface area contributed by atoms with E-state index in [0.29, 0.717) is 0 Å². The molecule has 0 unspecified atom stereocenters. The van der Waals surface area contributed by atoms with Crippen LogP contribution in [0, 0.1) is 0 Å². The van der Waals surface area contributed by atoms with Gasteiger partial charge in [-0.2, -0.15) is 0 Å². The fraction of sp³-hybridized carbons (Fsp3) is 0.333. The van der Waals surface area contributed by atoms with Gasteiger partial charge in [0.25, 0.3) is 0 Å². The SMILES string of the molecule is C[C@]12C=C[C@](C)(O1)c1ccc(Br)cc12. The lowest BCUT2D eigenvalue weighted by Gasteiger charge is -2.18. The van der Waals surface area contributed by atoms with Gasteiger partial charge in [0.1, 0.15) is 11.2 Å². The van der Waals surface area contributed by atoms with Crippen molar-refractivity contribution in [3.05, 3.63) is 46.0 Å². The van der Waals surface area contributed by atoms with Crippen LogP contribution in [0.15, 0.2) is 34.8 Å². The third kappa shape index (κ3) is 0.882. The molecule has 0 radical (unpaired) electrons. The number of rotatable bonds is 0. The Balaban J connectivity index is 2.33. The fourth-order valence-corrected chi connectivity index (χ4v) is 2.84. The monoisotopic (exact) mass is 250 g/mol. The van der Waals surface area contributed by atoms with Crippen LogP contribution in [0.25, 0.3) is 0 Å². The summed E-state index contributed by atoms with van der Waals surface area (Å²) in [5, 5.41) is 0. The number of hydrogen-bond acceptors (Lipinski definition) is 1. The van der Waals surface area contributed by atoms with Crippen molar-refractivity contribution in [3.63, 3.8) is 0 Å². The van der Waals surface area contributed by atoms with Gasteiger partial charge in [0.05, 0.1) is 0 Å². The van der Waals surface area contributed by atoms with Crippen molar-refractivity contribution in [2.24, 2.45) is 0 Å². The number of benzene rings is 1. The number of halogens is 1. The molecule has 0 saturated carbocycles. The van der Waals surface area contributed by atoms with E-state index in [0.717, 1.165) is 4.47 Å². The van der Waals surface area contributed by atoms with Crippen molar-refractivity contribution in [1.29, 1.82) is 0 Å². The lowest BCUT2D eigenvalue weighted by Crippen LogP contribution is -2.17. The molecule has 1 nitrogen and oxygen atoms in total. The first kappa shape index (κ1) is 8.69. The number of fused-ring (bicyclic) bond motifs is 5. The van der Waals surface area contributed by atoms with Gasteiger partial charge in [0.2, 0.25) is 0 Å². The fourth-order valence-electron chi connectivity index (χ4n) is 2.48. The van der Waals surface area contributed by atoms with Crippen molar-refractivity contribution >= 4 is 15.9 Å². The topological polar surface area (TPSA) is 9.23 Å². The van der Waals surface area contributed by atoms with E-state index < -0.39 is 0 Å². The molecular formula is C12H11BrO. The maximum Gasteiger partial charge on any atom is 0.111 e. The van der Waals surface area contributed by atoms with Crippen molar-refractivity contribution < 1.29 is 4.74 Å². The Hall–Kier alpha value is -0.600. The molecule has 0 fully saturated rings. The van der Waals surface area contributed by atoms with E-state index >= 15 is 0 Å². The summed E-state index contributed by atoms with van der Waals surface area (Å²) < 4.78 is 7.16. The van der Waals surface area contributed by atoms with Crippen LogP contribution in [-0.4, -0.2) is 0 Å². The summed E-state index contributed by atoms with van der Waals surface area (Å²) in [6.07, 6.45) is 4.31. The molecule has 0 spiro atoms. The van der Waals surface area contributed by atoms with Gasteiger partial charge in [0.15, 0.2) is 0 Å². The zero-order valence-electron chi connectivity index (χ0n) is 8.17. The minimum atomic E-state index is -0.214. The average Bonchev–Trinajstić information content (AvgIpc) is 2.53. The van der Waals surface area contributed by atoms with Gasteiger partial charge >= 0.3 is 0 Å². The van der Waals surface area contributed by atoms with Crippen molar-refractivity contribution in [2.75, 3.05) is 0 Å². The zero-order chi connectivity index (χ0) is 9.97. The van der Waals surface area contributed by atoms with E-state index in [1.807, 2.05) is 0 Å². The summed E-state index contributed by atoms with van der Waals surface area (Å²) in [5.74, 6) is 0. The maximum atomic E-state index is 6.04. The van der Waals surface area contributed by atoms with Crippen molar-refractivity contribution in [1.82, 2.24) is 0 Å². The number of ether oxygens (including phenoxy) is 1. The minimum absolute atomic E-state index is 0.204. The second-order valence-electron chi connectivity index (χ2n) is 4.34. The van der Waals surface area contributed by atoms with Gasteiger partial charge in [-0.15, -0.1) is 0 Å². The van der Waals surface area contributed by atoms with E-state index in [9.17, 15) is 0 Å². The molecule has 0 aliphatic carbocycles. The molecule has 0 aromatic heterocycles. The minimum Gasteiger partial charge on any atom is -0.351 e. The van der Waals surface area contributed by atoms with E-state index in [1.165, 1.54) is 11.1 Å². The molecule has 2 aliphatic rings. The molecule has 14 heavy (non-hydrogen) atoms.